The number of hydrogen-bond acceptors (Lipinski definition) is 7. The van der Waals surface area contributed by atoms with E-state index in [0.717, 1.165) is 26.2 Å². The van der Waals surface area contributed by atoms with Crippen LogP contribution < -0.4 is 0 Å². The molecule has 0 saturated heterocycles. The zero-order valence-electron chi connectivity index (χ0n) is 12.3. The highest BCUT2D eigenvalue weighted by molar-refractivity contribution is 5.90. The molecule has 0 saturated carbocycles. The van der Waals surface area contributed by atoms with Gasteiger partial charge in [0.25, 0.3) is 5.69 Å². The Morgan fingerprint density at radius 2 is 2.13 bits per heavy atom. The number of nitro groups is 1. The minimum atomic E-state index is -1.39. The number of non-ortho nitro benzene ring substituents is 1. The smallest absolute Gasteiger partial charge is 0.337 e. The summed E-state index contributed by atoms with van der Waals surface area (Å²) < 4.78 is 9.50. The van der Waals surface area contributed by atoms with Crippen LogP contribution >= 0.6 is 0 Å². The molecular weight excluding hydrogens is 308 g/mol. The minimum Gasteiger partial charge on any atom is -0.466 e. The molecule has 0 amide bonds. The quantitative estimate of drug-likeness (QED) is 0.150. The van der Waals surface area contributed by atoms with Crippen molar-refractivity contribution in [3.05, 3.63) is 56.5 Å². The number of carbonyl (C=O) groups is 2. The molecule has 0 radical (unpaired) electrons. The molecule has 0 aliphatic rings. The first-order chi connectivity index (χ1) is 10.8. The first kappa shape index (κ1) is 17.7. The second-order valence-electron chi connectivity index (χ2n) is 4.20. The molecule has 1 rings (SSSR count). The summed E-state index contributed by atoms with van der Waals surface area (Å²) in [7, 11) is 1.10. The van der Waals surface area contributed by atoms with Gasteiger partial charge in [0.05, 0.1) is 17.6 Å². The van der Waals surface area contributed by atoms with Crippen molar-refractivity contribution >= 4 is 23.3 Å². The summed E-state index contributed by atoms with van der Waals surface area (Å²) >= 11 is 0. The van der Waals surface area contributed by atoms with E-state index in [1.165, 1.54) is 6.07 Å². The van der Waals surface area contributed by atoms with Crippen molar-refractivity contribution in [2.24, 2.45) is 5.11 Å². The SMILES string of the molecule is C=C(C(=O)OC)C(OC(C)=O)c1cc([N+](=O)[O-])ccc1N=[N+]=[N-]. The van der Waals surface area contributed by atoms with Gasteiger partial charge in [-0.3, -0.25) is 14.9 Å². The predicted octanol–water partition coefficient (Wildman–Crippen LogP) is 2.87. The lowest BCUT2D eigenvalue weighted by molar-refractivity contribution is -0.385. The number of nitrogens with zero attached hydrogens (tertiary/aromatic N) is 4. The van der Waals surface area contributed by atoms with Crippen LogP contribution in [0.15, 0.2) is 35.5 Å². The van der Waals surface area contributed by atoms with Crippen LogP contribution in [0.2, 0.25) is 0 Å². The number of azide groups is 1. The highest BCUT2D eigenvalue weighted by Crippen LogP contribution is 2.36. The van der Waals surface area contributed by atoms with Gasteiger partial charge in [0.1, 0.15) is 0 Å². The fourth-order valence-corrected chi connectivity index (χ4v) is 1.73. The molecule has 10 nitrogen and oxygen atoms in total. The van der Waals surface area contributed by atoms with Crippen LogP contribution in [0.25, 0.3) is 10.4 Å². The standard InChI is InChI=1S/C13H12N4O6/c1-7(13(19)22-3)12(23-8(2)18)10-6-9(17(20)21)4-5-11(10)15-16-14/h4-6,12H,1H2,2-3H3. The largest absolute Gasteiger partial charge is 0.466 e. The van der Waals surface area contributed by atoms with Crippen LogP contribution in [0.4, 0.5) is 11.4 Å². The summed E-state index contributed by atoms with van der Waals surface area (Å²) in [6, 6.07) is 3.32. The summed E-state index contributed by atoms with van der Waals surface area (Å²) in [6.07, 6.45) is -1.39. The Balaban J connectivity index is 3.54. The first-order valence-electron chi connectivity index (χ1n) is 6.09. The Kier molecular flexibility index (Phi) is 5.81. The fourth-order valence-electron chi connectivity index (χ4n) is 1.73. The Hall–Kier alpha value is -3.39. The Morgan fingerprint density at radius 3 is 2.61 bits per heavy atom. The molecule has 0 N–H and O–H groups in total. The molecule has 0 heterocycles. The first-order valence-corrected chi connectivity index (χ1v) is 6.09. The summed E-state index contributed by atoms with van der Waals surface area (Å²) in [6.45, 7) is 4.56. The molecule has 0 aliphatic carbocycles. The van der Waals surface area contributed by atoms with Gasteiger partial charge >= 0.3 is 11.9 Å². The minimum absolute atomic E-state index is 0.0468. The molecule has 0 fully saturated rings. The van der Waals surface area contributed by atoms with E-state index in [0.29, 0.717) is 0 Å². The number of carbonyl (C=O) groups excluding carboxylic acids is 2. The van der Waals surface area contributed by atoms with Crippen molar-refractivity contribution in [1.82, 2.24) is 0 Å². The zero-order valence-corrected chi connectivity index (χ0v) is 12.3. The second-order valence-corrected chi connectivity index (χ2v) is 4.20. The van der Waals surface area contributed by atoms with E-state index in [4.69, 9.17) is 10.3 Å². The molecule has 10 heteroatoms. The number of nitro benzene ring substituents is 1. The summed E-state index contributed by atoms with van der Waals surface area (Å²) in [5, 5.41) is 14.3. The molecule has 0 bridgehead atoms. The molecule has 1 aromatic carbocycles. The van der Waals surface area contributed by atoms with Crippen molar-refractivity contribution < 1.29 is 24.0 Å². The Labute approximate surface area is 130 Å². The lowest BCUT2D eigenvalue weighted by Gasteiger charge is -2.19. The van der Waals surface area contributed by atoms with E-state index in [-0.39, 0.29) is 22.5 Å². The van der Waals surface area contributed by atoms with Gasteiger partial charge in [-0.1, -0.05) is 11.7 Å². The molecule has 0 spiro atoms. The van der Waals surface area contributed by atoms with Gasteiger partial charge in [0.15, 0.2) is 6.10 Å². The van der Waals surface area contributed by atoms with Crippen LogP contribution in [0.3, 0.4) is 0 Å². The Morgan fingerprint density at radius 1 is 1.48 bits per heavy atom. The molecular formula is C13H12N4O6. The average Bonchev–Trinajstić information content (AvgIpc) is 2.51. The molecule has 0 aliphatic heterocycles. The molecule has 23 heavy (non-hydrogen) atoms. The van der Waals surface area contributed by atoms with Gasteiger partial charge in [0.2, 0.25) is 0 Å². The number of esters is 2. The maximum absolute atomic E-state index is 11.6. The van der Waals surface area contributed by atoms with Crippen molar-refractivity contribution in [2.75, 3.05) is 7.11 Å². The third kappa shape index (κ3) is 4.29. The van der Waals surface area contributed by atoms with Crippen molar-refractivity contribution in [3.63, 3.8) is 0 Å². The van der Waals surface area contributed by atoms with E-state index in [9.17, 15) is 19.7 Å². The topological polar surface area (TPSA) is 145 Å². The lowest BCUT2D eigenvalue weighted by atomic mass is 10.00. The summed E-state index contributed by atoms with van der Waals surface area (Å²) in [5.74, 6) is -1.65. The maximum atomic E-state index is 11.6. The third-order valence-electron chi connectivity index (χ3n) is 2.70. The average molecular weight is 320 g/mol. The zero-order chi connectivity index (χ0) is 17.6. The normalized spacial score (nSPS) is 10.9. The predicted molar refractivity (Wildman–Crippen MR) is 77.6 cm³/mol. The van der Waals surface area contributed by atoms with Crippen molar-refractivity contribution in [3.8, 4) is 0 Å². The third-order valence-corrected chi connectivity index (χ3v) is 2.70. The van der Waals surface area contributed by atoms with Gasteiger partial charge in [-0.05, 0) is 11.6 Å². The Bertz CT molecular complexity index is 723. The fraction of sp³-hybridized carbons (Fsp3) is 0.231. The van der Waals surface area contributed by atoms with Gasteiger partial charge in [0, 0.05) is 35.2 Å². The van der Waals surface area contributed by atoms with E-state index >= 15 is 0 Å². The van der Waals surface area contributed by atoms with E-state index in [1.54, 1.807) is 0 Å². The number of methoxy groups -OCH3 is 1. The van der Waals surface area contributed by atoms with Crippen LogP contribution in [-0.2, 0) is 19.1 Å². The molecule has 1 atom stereocenters. The highest BCUT2D eigenvalue weighted by atomic mass is 16.6. The van der Waals surface area contributed by atoms with E-state index < -0.39 is 23.0 Å². The maximum Gasteiger partial charge on any atom is 0.337 e. The number of hydrogen-bond donors (Lipinski definition) is 0. The number of benzene rings is 1. The van der Waals surface area contributed by atoms with Crippen molar-refractivity contribution in [2.45, 2.75) is 13.0 Å². The van der Waals surface area contributed by atoms with Crippen molar-refractivity contribution in [1.29, 1.82) is 0 Å². The molecule has 0 aromatic heterocycles. The van der Waals surface area contributed by atoms with Crippen LogP contribution in [0, 0.1) is 10.1 Å². The molecule has 1 aromatic rings. The molecule has 1 unspecified atom stereocenters. The lowest BCUT2D eigenvalue weighted by Crippen LogP contribution is -2.17. The van der Waals surface area contributed by atoms with Gasteiger partial charge in [-0.2, -0.15) is 0 Å². The van der Waals surface area contributed by atoms with Crippen LogP contribution in [-0.4, -0.2) is 24.0 Å². The number of rotatable bonds is 6. The van der Waals surface area contributed by atoms with Crippen LogP contribution in [0.5, 0.6) is 0 Å². The van der Waals surface area contributed by atoms with Gasteiger partial charge in [-0.25, -0.2) is 4.79 Å². The molecule has 120 valence electrons. The summed E-state index contributed by atoms with van der Waals surface area (Å²) in [5.41, 5.74) is 7.86. The van der Waals surface area contributed by atoms with E-state index in [1.807, 2.05) is 0 Å². The highest BCUT2D eigenvalue weighted by Gasteiger charge is 2.28. The van der Waals surface area contributed by atoms with E-state index in [2.05, 4.69) is 21.3 Å². The second kappa shape index (κ2) is 7.57. The van der Waals surface area contributed by atoms with Crippen LogP contribution in [0.1, 0.15) is 18.6 Å². The van der Waals surface area contributed by atoms with Gasteiger partial charge in [-0.15, -0.1) is 0 Å². The monoisotopic (exact) mass is 320 g/mol. The van der Waals surface area contributed by atoms with Gasteiger partial charge < -0.3 is 9.47 Å². The number of ether oxygens (including phenoxy) is 2. The summed E-state index contributed by atoms with van der Waals surface area (Å²) in [4.78, 5) is 35.7.